The van der Waals surface area contributed by atoms with Gasteiger partial charge in [0.1, 0.15) is 0 Å². The van der Waals surface area contributed by atoms with E-state index in [4.69, 9.17) is 9.47 Å². The number of hydrogen-bond acceptors (Lipinski definition) is 5. The summed E-state index contributed by atoms with van der Waals surface area (Å²) in [5.74, 6) is -0.570. The van der Waals surface area contributed by atoms with Gasteiger partial charge in [-0.3, -0.25) is 10.00 Å². The summed E-state index contributed by atoms with van der Waals surface area (Å²) < 4.78 is 12.2. The first kappa shape index (κ1) is 19.5. The van der Waals surface area contributed by atoms with Crippen LogP contribution in [0.4, 0.5) is 10.5 Å². The summed E-state index contributed by atoms with van der Waals surface area (Å²) in [6.07, 6.45) is 6.31. The number of carbonyl (C=O) groups excluding carboxylic acids is 2. The third kappa shape index (κ3) is 4.13. The van der Waals surface area contributed by atoms with Crippen molar-refractivity contribution in [2.24, 2.45) is 0 Å². The summed E-state index contributed by atoms with van der Waals surface area (Å²) in [6, 6.07) is 4.14. The van der Waals surface area contributed by atoms with Crippen LogP contribution in [0, 0.1) is 6.92 Å². The molecule has 4 rings (SSSR count). The van der Waals surface area contributed by atoms with Gasteiger partial charge in [0, 0.05) is 6.20 Å². The largest absolute Gasteiger partial charge is 0.463 e. The lowest BCUT2D eigenvalue weighted by atomic mass is 9.99. The molecule has 0 radical (unpaired) electrons. The van der Waals surface area contributed by atoms with Crippen molar-refractivity contribution in [3.05, 3.63) is 46.3 Å². The molecule has 0 saturated carbocycles. The summed E-state index contributed by atoms with van der Waals surface area (Å²) >= 11 is 0. The second kappa shape index (κ2) is 8.27. The highest BCUT2D eigenvalue weighted by molar-refractivity contribution is 5.90. The van der Waals surface area contributed by atoms with E-state index >= 15 is 0 Å². The lowest BCUT2D eigenvalue weighted by molar-refractivity contribution is -0.153. The number of nitrogens with one attached hydrogen (secondary N) is 1. The summed E-state index contributed by atoms with van der Waals surface area (Å²) in [6.45, 7) is 3.92. The molecule has 0 fully saturated rings. The molecule has 1 aromatic heterocycles. The van der Waals surface area contributed by atoms with E-state index in [-0.39, 0.29) is 13.2 Å². The van der Waals surface area contributed by atoms with Crippen molar-refractivity contribution in [3.8, 4) is 0 Å². The highest BCUT2D eigenvalue weighted by Crippen LogP contribution is 2.38. The normalized spacial score (nSPS) is 15.5. The number of amides is 1. The molecule has 154 valence electrons. The molecule has 7 nitrogen and oxygen atoms in total. The maximum Gasteiger partial charge on any atom is 0.412 e. The van der Waals surface area contributed by atoms with Crippen molar-refractivity contribution >= 4 is 17.7 Å². The Morgan fingerprint density at radius 2 is 1.86 bits per heavy atom. The number of aromatic nitrogens is 2. The van der Waals surface area contributed by atoms with E-state index < -0.39 is 18.2 Å². The standard InChI is InChI=1S/C22H27N3O4/c1-3-28-21(26)19(13-25-11-10-14(2)24-25)29-22(27)23-20-17-8-4-6-15(17)12-16-7-5-9-18(16)20/h10-12,19H,3-9,13H2,1-2H3,(H,23,27). The Morgan fingerprint density at radius 1 is 1.17 bits per heavy atom. The smallest absolute Gasteiger partial charge is 0.412 e. The molecule has 1 heterocycles. The number of fused-ring (bicyclic) bond motifs is 2. The van der Waals surface area contributed by atoms with Crippen LogP contribution in [-0.4, -0.2) is 34.6 Å². The van der Waals surface area contributed by atoms with Crippen LogP contribution < -0.4 is 5.32 Å². The SMILES string of the molecule is CCOC(=O)C(Cn1ccc(C)n1)OC(=O)Nc1c2c(cc3c1CCC3)CCC2. The zero-order valence-electron chi connectivity index (χ0n) is 17.0. The molecule has 1 unspecified atom stereocenters. The van der Waals surface area contributed by atoms with Crippen LogP contribution in [0.5, 0.6) is 0 Å². The molecule has 2 aliphatic carbocycles. The van der Waals surface area contributed by atoms with Gasteiger partial charge in [0.25, 0.3) is 0 Å². The minimum Gasteiger partial charge on any atom is -0.463 e. The number of aryl methyl sites for hydroxylation is 3. The zero-order valence-corrected chi connectivity index (χ0v) is 17.0. The second-order valence-corrected chi connectivity index (χ2v) is 7.68. The fourth-order valence-corrected chi connectivity index (χ4v) is 4.36. The van der Waals surface area contributed by atoms with Crippen molar-refractivity contribution < 1.29 is 19.1 Å². The topological polar surface area (TPSA) is 82.5 Å². The molecule has 2 aromatic rings. The molecule has 0 saturated heterocycles. The van der Waals surface area contributed by atoms with Crippen LogP contribution in [-0.2, 0) is 46.5 Å². The number of ether oxygens (including phenoxy) is 2. The number of benzene rings is 1. The molecule has 7 heteroatoms. The van der Waals surface area contributed by atoms with E-state index in [1.165, 1.54) is 22.3 Å². The van der Waals surface area contributed by atoms with E-state index in [0.29, 0.717) is 0 Å². The molecule has 1 N–H and O–H groups in total. The van der Waals surface area contributed by atoms with Crippen molar-refractivity contribution in [3.63, 3.8) is 0 Å². The number of rotatable bonds is 6. The summed E-state index contributed by atoms with van der Waals surface area (Å²) in [4.78, 5) is 25.1. The first-order valence-corrected chi connectivity index (χ1v) is 10.4. The highest BCUT2D eigenvalue weighted by Gasteiger charge is 2.29. The molecule has 1 atom stereocenters. The quantitative estimate of drug-likeness (QED) is 0.756. The van der Waals surface area contributed by atoms with E-state index in [1.54, 1.807) is 17.8 Å². The van der Waals surface area contributed by atoms with Crippen molar-refractivity contribution in [1.82, 2.24) is 9.78 Å². The van der Waals surface area contributed by atoms with Gasteiger partial charge in [0.05, 0.1) is 24.5 Å². The van der Waals surface area contributed by atoms with E-state index in [0.717, 1.165) is 49.9 Å². The number of esters is 1. The van der Waals surface area contributed by atoms with Gasteiger partial charge in [0.15, 0.2) is 0 Å². The average Bonchev–Trinajstić information content (AvgIpc) is 3.42. The maximum absolute atomic E-state index is 12.8. The van der Waals surface area contributed by atoms with Gasteiger partial charge < -0.3 is 9.47 Å². The Bertz CT molecular complexity index is 902. The van der Waals surface area contributed by atoms with Gasteiger partial charge in [-0.15, -0.1) is 0 Å². The third-order valence-corrected chi connectivity index (χ3v) is 5.63. The van der Waals surface area contributed by atoms with Crippen molar-refractivity contribution in [2.75, 3.05) is 11.9 Å². The van der Waals surface area contributed by atoms with Gasteiger partial charge >= 0.3 is 12.1 Å². The minimum atomic E-state index is -1.06. The molecule has 2 aliphatic rings. The first-order chi connectivity index (χ1) is 14.0. The molecule has 29 heavy (non-hydrogen) atoms. The molecular formula is C22H27N3O4. The molecule has 1 aromatic carbocycles. The fourth-order valence-electron chi connectivity index (χ4n) is 4.36. The van der Waals surface area contributed by atoms with Crippen LogP contribution in [0.2, 0.25) is 0 Å². The Kier molecular flexibility index (Phi) is 5.56. The molecular weight excluding hydrogens is 370 g/mol. The molecule has 0 spiro atoms. The number of anilines is 1. The van der Waals surface area contributed by atoms with Crippen LogP contribution in [0.1, 0.15) is 47.7 Å². The van der Waals surface area contributed by atoms with Crippen LogP contribution in [0.25, 0.3) is 0 Å². The number of hydrogen-bond donors (Lipinski definition) is 1. The van der Waals surface area contributed by atoms with E-state index in [1.807, 2.05) is 13.0 Å². The zero-order chi connectivity index (χ0) is 20.4. The lowest BCUT2D eigenvalue weighted by Gasteiger charge is -2.19. The van der Waals surface area contributed by atoms with Gasteiger partial charge in [-0.2, -0.15) is 5.10 Å². The number of carbonyl (C=O) groups is 2. The fraction of sp³-hybridized carbons (Fsp3) is 0.500. The predicted octanol–water partition coefficient (Wildman–Crippen LogP) is 3.35. The Balaban J connectivity index is 1.52. The van der Waals surface area contributed by atoms with Crippen LogP contribution >= 0.6 is 0 Å². The third-order valence-electron chi connectivity index (χ3n) is 5.63. The summed E-state index contributed by atoms with van der Waals surface area (Å²) in [5, 5.41) is 7.24. The van der Waals surface area contributed by atoms with Crippen LogP contribution in [0.3, 0.4) is 0 Å². The van der Waals surface area contributed by atoms with Crippen LogP contribution in [0.15, 0.2) is 18.3 Å². The Morgan fingerprint density at radius 3 is 2.45 bits per heavy atom. The van der Waals surface area contributed by atoms with Gasteiger partial charge in [0.2, 0.25) is 6.10 Å². The van der Waals surface area contributed by atoms with E-state index in [2.05, 4.69) is 16.5 Å². The number of nitrogens with zero attached hydrogens (tertiary/aromatic N) is 2. The van der Waals surface area contributed by atoms with Crippen molar-refractivity contribution in [1.29, 1.82) is 0 Å². The van der Waals surface area contributed by atoms with Crippen molar-refractivity contribution in [2.45, 2.75) is 65.0 Å². The highest BCUT2D eigenvalue weighted by atomic mass is 16.6. The van der Waals surface area contributed by atoms with Gasteiger partial charge in [-0.25, -0.2) is 9.59 Å². The molecule has 0 aliphatic heterocycles. The van der Waals surface area contributed by atoms with E-state index in [9.17, 15) is 9.59 Å². The Labute approximate surface area is 170 Å². The average molecular weight is 397 g/mol. The summed E-state index contributed by atoms with van der Waals surface area (Å²) in [7, 11) is 0. The maximum atomic E-state index is 12.8. The van der Waals surface area contributed by atoms with Gasteiger partial charge in [-0.05, 0) is 80.7 Å². The lowest BCUT2D eigenvalue weighted by Crippen LogP contribution is -2.35. The first-order valence-electron chi connectivity index (χ1n) is 10.4. The monoisotopic (exact) mass is 397 g/mol. The summed E-state index contributed by atoms with van der Waals surface area (Å²) in [5.41, 5.74) is 6.82. The van der Waals surface area contributed by atoms with Gasteiger partial charge in [-0.1, -0.05) is 6.07 Å². The molecule has 0 bridgehead atoms. The minimum absolute atomic E-state index is 0.116. The predicted molar refractivity (Wildman–Crippen MR) is 108 cm³/mol. The Hall–Kier alpha value is -2.83. The molecule has 1 amide bonds. The second-order valence-electron chi connectivity index (χ2n) is 7.68.